The SMILES string of the molecule is COCOc1cc(C)c2c(c1)OCC(C=O)=C2. The van der Waals surface area contributed by atoms with Gasteiger partial charge in [-0.15, -0.1) is 0 Å². The van der Waals surface area contributed by atoms with E-state index in [9.17, 15) is 4.79 Å². The van der Waals surface area contributed by atoms with Gasteiger partial charge < -0.3 is 14.2 Å². The van der Waals surface area contributed by atoms with Gasteiger partial charge >= 0.3 is 0 Å². The summed E-state index contributed by atoms with van der Waals surface area (Å²) < 4.78 is 15.7. The van der Waals surface area contributed by atoms with E-state index < -0.39 is 0 Å². The zero-order valence-electron chi connectivity index (χ0n) is 9.86. The Morgan fingerprint density at radius 1 is 1.47 bits per heavy atom. The van der Waals surface area contributed by atoms with Crippen LogP contribution in [0.3, 0.4) is 0 Å². The van der Waals surface area contributed by atoms with Gasteiger partial charge in [-0.3, -0.25) is 4.79 Å². The van der Waals surface area contributed by atoms with Crippen LogP contribution in [0.4, 0.5) is 0 Å². The van der Waals surface area contributed by atoms with Crippen molar-refractivity contribution in [2.24, 2.45) is 0 Å². The summed E-state index contributed by atoms with van der Waals surface area (Å²) in [5.74, 6) is 1.44. The molecular formula is C13H14O4. The molecule has 0 saturated carbocycles. The molecular weight excluding hydrogens is 220 g/mol. The Morgan fingerprint density at radius 3 is 3.00 bits per heavy atom. The Kier molecular flexibility index (Phi) is 3.44. The second kappa shape index (κ2) is 5.01. The van der Waals surface area contributed by atoms with Gasteiger partial charge in [0.15, 0.2) is 6.79 Å². The minimum absolute atomic E-state index is 0.202. The van der Waals surface area contributed by atoms with Crippen molar-refractivity contribution in [2.45, 2.75) is 6.92 Å². The van der Waals surface area contributed by atoms with Crippen molar-refractivity contribution < 1.29 is 19.0 Å². The first-order chi connectivity index (χ1) is 8.24. The lowest BCUT2D eigenvalue weighted by molar-refractivity contribution is -0.105. The predicted molar refractivity (Wildman–Crippen MR) is 63.2 cm³/mol. The molecule has 0 saturated heterocycles. The molecule has 0 unspecified atom stereocenters. The average molecular weight is 234 g/mol. The fourth-order valence-corrected chi connectivity index (χ4v) is 1.70. The number of hydrogen-bond acceptors (Lipinski definition) is 4. The molecule has 90 valence electrons. The normalized spacial score (nSPS) is 13.4. The molecule has 0 aromatic heterocycles. The smallest absolute Gasteiger partial charge is 0.188 e. The van der Waals surface area contributed by atoms with Crippen molar-refractivity contribution in [3.8, 4) is 11.5 Å². The third-order valence-electron chi connectivity index (χ3n) is 2.54. The van der Waals surface area contributed by atoms with E-state index in [-0.39, 0.29) is 6.79 Å². The van der Waals surface area contributed by atoms with Gasteiger partial charge in [-0.2, -0.15) is 0 Å². The Morgan fingerprint density at radius 2 is 2.29 bits per heavy atom. The van der Waals surface area contributed by atoms with Gasteiger partial charge in [0, 0.05) is 24.3 Å². The standard InChI is InChI=1S/C13H14O4/c1-9-3-11(17-8-15-2)5-13-12(9)4-10(6-14)7-16-13/h3-6H,7-8H2,1-2H3. The first kappa shape index (κ1) is 11.7. The summed E-state index contributed by atoms with van der Waals surface area (Å²) in [5.41, 5.74) is 2.59. The van der Waals surface area contributed by atoms with Gasteiger partial charge in [0.05, 0.1) is 0 Å². The number of rotatable bonds is 4. The molecule has 4 nitrogen and oxygen atoms in total. The monoisotopic (exact) mass is 234 g/mol. The maximum Gasteiger partial charge on any atom is 0.188 e. The summed E-state index contributed by atoms with van der Waals surface area (Å²) in [7, 11) is 1.57. The van der Waals surface area contributed by atoms with E-state index in [0.29, 0.717) is 17.9 Å². The van der Waals surface area contributed by atoms with Crippen LogP contribution in [0.5, 0.6) is 11.5 Å². The zero-order chi connectivity index (χ0) is 12.3. The van der Waals surface area contributed by atoms with Gasteiger partial charge in [-0.1, -0.05) is 0 Å². The molecule has 0 bridgehead atoms. The number of aryl methyl sites for hydroxylation is 1. The van der Waals surface area contributed by atoms with E-state index in [1.807, 2.05) is 19.1 Å². The highest BCUT2D eigenvalue weighted by Gasteiger charge is 2.14. The quantitative estimate of drug-likeness (QED) is 0.590. The van der Waals surface area contributed by atoms with Gasteiger partial charge in [-0.25, -0.2) is 0 Å². The Bertz CT molecular complexity index is 463. The molecule has 0 N–H and O–H groups in total. The lowest BCUT2D eigenvalue weighted by Gasteiger charge is -2.18. The molecule has 0 spiro atoms. The predicted octanol–water partition coefficient (Wildman–Crippen LogP) is 1.95. The molecule has 17 heavy (non-hydrogen) atoms. The third kappa shape index (κ3) is 2.47. The number of ether oxygens (including phenoxy) is 3. The lowest BCUT2D eigenvalue weighted by Crippen LogP contribution is -2.09. The fraction of sp³-hybridized carbons (Fsp3) is 0.308. The van der Waals surface area contributed by atoms with Crippen LogP contribution in [-0.4, -0.2) is 26.8 Å². The molecule has 1 aliphatic heterocycles. The highest BCUT2D eigenvalue weighted by molar-refractivity contribution is 5.85. The maximum atomic E-state index is 10.7. The zero-order valence-corrected chi connectivity index (χ0v) is 9.86. The van der Waals surface area contributed by atoms with Crippen LogP contribution < -0.4 is 9.47 Å². The van der Waals surface area contributed by atoms with Gasteiger partial charge in [0.2, 0.25) is 0 Å². The van der Waals surface area contributed by atoms with Gasteiger partial charge in [0.1, 0.15) is 24.4 Å². The molecule has 2 rings (SSSR count). The minimum Gasteiger partial charge on any atom is -0.488 e. The molecule has 1 aliphatic rings. The lowest BCUT2D eigenvalue weighted by atomic mass is 10.0. The summed E-state index contributed by atoms with van der Waals surface area (Å²) >= 11 is 0. The number of benzene rings is 1. The number of carbonyl (C=O) groups is 1. The average Bonchev–Trinajstić information content (AvgIpc) is 2.36. The number of methoxy groups -OCH3 is 1. The van der Waals surface area contributed by atoms with Gasteiger partial charge in [-0.05, 0) is 24.6 Å². The highest BCUT2D eigenvalue weighted by Crippen LogP contribution is 2.33. The van der Waals surface area contributed by atoms with Gasteiger partial charge in [0.25, 0.3) is 0 Å². The van der Waals surface area contributed by atoms with Crippen LogP contribution in [0.2, 0.25) is 0 Å². The Labute approximate surface area is 99.8 Å². The fourth-order valence-electron chi connectivity index (χ4n) is 1.70. The minimum atomic E-state index is 0.202. The molecule has 1 aromatic carbocycles. The molecule has 1 aromatic rings. The molecule has 0 aliphatic carbocycles. The van der Waals surface area contributed by atoms with Crippen molar-refractivity contribution >= 4 is 12.4 Å². The van der Waals surface area contributed by atoms with Crippen LogP contribution in [-0.2, 0) is 9.53 Å². The van der Waals surface area contributed by atoms with E-state index in [2.05, 4.69) is 0 Å². The van der Waals surface area contributed by atoms with Crippen LogP contribution in [0.1, 0.15) is 11.1 Å². The van der Waals surface area contributed by atoms with Crippen LogP contribution >= 0.6 is 0 Å². The van der Waals surface area contributed by atoms with Crippen molar-refractivity contribution in [3.63, 3.8) is 0 Å². The maximum absolute atomic E-state index is 10.7. The first-order valence-electron chi connectivity index (χ1n) is 5.29. The topological polar surface area (TPSA) is 44.8 Å². The molecule has 0 radical (unpaired) electrons. The summed E-state index contributed by atoms with van der Waals surface area (Å²) in [5, 5.41) is 0. The van der Waals surface area contributed by atoms with E-state index in [4.69, 9.17) is 14.2 Å². The second-order valence-corrected chi connectivity index (χ2v) is 3.83. The second-order valence-electron chi connectivity index (χ2n) is 3.83. The molecule has 0 fully saturated rings. The van der Waals surface area contributed by atoms with E-state index in [1.54, 1.807) is 13.2 Å². The van der Waals surface area contributed by atoms with Crippen molar-refractivity contribution in [3.05, 3.63) is 28.8 Å². The highest BCUT2D eigenvalue weighted by atomic mass is 16.7. The summed E-state index contributed by atoms with van der Waals surface area (Å²) in [6.45, 7) is 2.46. The first-order valence-corrected chi connectivity index (χ1v) is 5.29. The Balaban J connectivity index is 2.33. The van der Waals surface area contributed by atoms with E-state index >= 15 is 0 Å². The summed E-state index contributed by atoms with van der Waals surface area (Å²) in [6.07, 6.45) is 2.67. The third-order valence-corrected chi connectivity index (χ3v) is 2.54. The molecule has 0 atom stereocenters. The van der Waals surface area contributed by atoms with Crippen LogP contribution in [0.25, 0.3) is 6.08 Å². The molecule has 0 amide bonds. The van der Waals surface area contributed by atoms with E-state index in [0.717, 1.165) is 23.2 Å². The number of fused-ring (bicyclic) bond motifs is 1. The number of aldehydes is 1. The molecule has 4 heteroatoms. The van der Waals surface area contributed by atoms with Crippen molar-refractivity contribution in [1.29, 1.82) is 0 Å². The largest absolute Gasteiger partial charge is 0.488 e. The Hall–Kier alpha value is -1.81. The van der Waals surface area contributed by atoms with Crippen molar-refractivity contribution in [1.82, 2.24) is 0 Å². The number of carbonyl (C=O) groups excluding carboxylic acids is 1. The molecule has 1 heterocycles. The summed E-state index contributed by atoms with van der Waals surface area (Å²) in [6, 6.07) is 3.70. The van der Waals surface area contributed by atoms with E-state index in [1.165, 1.54) is 0 Å². The summed E-state index contributed by atoms with van der Waals surface area (Å²) in [4.78, 5) is 10.7. The van der Waals surface area contributed by atoms with Crippen LogP contribution in [0.15, 0.2) is 17.7 Å². The number of hydrogen-bond donors (Lipinski definition) is 0. The van der Waals surface area contributed by atoms with Crippen LogP contribution in [0, 0.1) is 6.92 Å². The van der Waals surface area contributed by atoms with Crippen molar-refractivity contribution in [2.75, 3.05) is 20.5 Å².